The van der Waals surface area contributed by atoms with Crippen LogP contribution in [0.25, 0.3) is 0 Å². The normalized spacial score (nSPS) is 10.3. The second-order valence-electron chi connectivity index (χ2n) is 3.47. The Morgan fingerprint density at radius 2 is 2.32 bits per heavy atom. The molecule has 0 atom stereocenters. The Balaban J connectivity index is 2.27. The minimum absolute atomic E-state index is 0.113. The van der Waals surface area contributed by atoms with Gasteiger partial charge in [0.25, 0.3) is 0 Å². The minimum Gasteiger partial charge on any atom is -0.398 e. The predicted octanol–water partition coefficient (Wildman–Crippen LogP) is 2.74. The molecule has 5 N–H and O–H groups in total. The number of hydrogen-bond acceptors (Lipinski definition) is 7. The monoisotopic (exact) mass is 301 g/mol. The van der Waals surface area contributed by atoms with E-state index in [1.807, 2.05) is 0 Å². The maximum Gasteiger partial charge on any atom is 0.205 e. The van der Waals surface area contributed by atoms with Crippen LogP contribution in [-0.2, 0) is 0 Å². The van der Waals surface area contributed by atoms with E-state index in [9.17, 15) is 9.60 Å². The number of hydrogen-bond donors (Lipinski definition) is 4. The summed E-state index contributed by atoms with van der Waals surface area (Å²) in [6.07, 6.45) is 2.36. The summed E-state index contributed by atoms with van der Waals surface area (Å²) in [5.41, 5.74) is 8.18. The van der Waals surface area contributed by atoms with Crippen molar-refractivity contribution in [1.29, 1.82) is 5.41 Å². The fourth-order valence-electron chi connectivity index (χ4n) is 1.34. The lowest BCUT2D eigenvalue weighted by atomic mass is 10.1. The summed E-state index contributed by atoms with van der Waals surface area (Å²) in [7, 11) is 0. The average molecular weight is 302 g/mol. The van der Waals surface area contributed by atoms with E-state index in [0.29, 0.717) is 14.6 Å². The van der Waals surface area contributed by atoms with E-state index in [2.05, 4.69) is 10.4 Å². The van der Waals surface area contributed by atoms with Crippen LogP contribution < -0.4 is 16.3 Å². The van der Waals surface area contributed by atoms with Gasteiger partial charge in [-0.2, -0.15) is 5.17 Å². The largest absolute Gasteiger partial charge is 0.398 e. The molecule has 0 aliphatic carbocycles. The van der Waals surface area contributed by atoms with E-state index < -0.39 is 5.82 Å². The van der Waals surface area contributed by atoms with Gasteiger partial charge in [-0.05, 0) is 12.1 Å². The van der Waals surface area contributed by atoms with Gasteiger partial charge >= 0.3 is 0 Å². The van der Waals surface area contributed by atoms with Crippen molar-refractivity contribution in [3.63, 3.8) is 0 Å². The molecular weight excluding hydrogens is 293 g/mol. The van der Waals surface area contributed by atoms with Crippen molar-refractivity contribution in [3.05, 3.63) is 34.0 Å². The summed E-state index contributed by atoms with van der Waals surface area (Å²) < 4.78 is 14.1. The highest BCUT2D eigenvalue weighted by atomic mass is 35.5. The van der Waals surface area contributed by atoms with Gasteiger partial charge in [-0.15, -0.1) is 0 Å². The molecule has 0 aliphatic rings. The first-order chi connectivity index (χ1) is 9.01. The third kappa shape index (κ3) is 2.92. The first-order valence-corrected chi connectivity index (χ1v) is 6.17. The molecule has 0 spiro atoms. The smallest absolute Gasteiger partial charge is 0.205 e. The lowest BCUT2D eigenvalue weighted by Crippen LogP contribution is -2.26. The number of rotatable bonds is 4. The van der Waals surface area contributed by atoms with Crippen LogP contribution in [-0.4, -0.2) is 16.4 Å². The van der Waals surface area contributed by atoms with Crippen molar-refractivity contribution in [2.45, 2.75) is 0 Å². The quantitative estimate of drug-likeness (QED) is 0.395. The van der Waals surface area contributed by atoms with E-state index in [1.165, 1.54) is 12.3 Å². The Labute approximate surface area is 116 Å². The zero-order valence-corrected chi connectivity index (χ0v) is 11.0. The number of benzene rings is 1. The Kier molecular flexibility index (Phi) is 3.84. The molecule has 6 nitrogen and oxygen atoms in total. The molecule has 1 aromatic carbocycles. The van der Waals surface area contributed by atoms with Crippen molar-refractivity contribution in [1.82, 2.24) is 4.98 Å². The Morgan fingerprint density at radius 3 is 2.89 bits per heavy atom. The maximum absolute atomic E-state index is 13.7. The summed E-state index contributed by atoms with van der Waals surface area (Å²) in [5, 5.41) is 17.7. The molecule has 0 fully saturated rings. The summed E-state index contributed by atoms with van der Waals surface area (Å²) in [6, 6.07) is 2.26. The number of thiazole rings is 1. The van der Waals surface area contributed by atoms with E-state index in [1.54, 1.807) is 0 Å². The van der Waals surface area contributed by atoms with Crippen LogP contribution in [0.1, 0.15) is 5.56 Å². The standard InChI is InChI=1S/C10H9ClFN5OS/c11-9-4-15-10(19-9)16-17(18)8-1-5(3-13)7(14)2-6(8)12/h1-4,13,18H,14H2,(H,15,16). The number of anilines is 3. The van der Waals surface area contributed by atoms with Gasteiger partial charge in [-0.25, -0.2) is 14.8 Å². The highest BCUT2D eigenvalue weighted by Gasteiger charge is 2.14. The molecular formula is C10H9ClFN5OS. The van der Waals surface area contributed by atoms with Gasteiger partial charge < -0.3 is 11.1 Å². The van der Waals surface area contributed by atoms with Gasteiger partial charge in [0.1, 0.15) is 10.0 Å². The van der Waals surface area contributed by atoms with Crippen LogP contribution in [0.4, 0.5) is 20.9 Å². The molecule has 9 heteroatoms. The Bertz CT molecular complexity index is 620. The highest BCUT2D eigenvalue weighted by Crippen LogP contribution is 2.27. The molecule has 2 rings (SSSR count). The highest BCUT2D eigenvalue weighted by molar-refractivity contribution is 7.19. The van der Waals surface area contributed by atoms with Gasteiger partial charge in [-0.1, -0.05) is 22.9 Å². The van der Waals surface area contributed by atoms with Crippen LogP contribution in [0.15, 0.2) is 18.3 Å². The molecule has 1 heterocycles. The van der Waals surface area contributed by atoms with E-state index in [-0.39, 0.29) is 16.9 Å². The van der Waals surface area contributed by atoms with Crippen molar-refractivity contribution in [2.24, 2.45) is 0 Å². The second-order valence-corrected chi connectivity index (χ2v) is 5.13. The van der Waals surface area contributed by atoms with Crippen LogP contribution in [0.2, 0.25) is 4.34 Å². The van der Waals surface area contributed by atoms with E-state index in [0.717, 1.165) is 23.6 Å². The molecule has 1 aromatic heterocycles. The molecule has 2 aromatic rings. The van der Waals surface area contributed by atoms with E-state index >= 15 is 0 Å². The van der Waals surface area contributed by atoms with Crippen LogP contribution in [0, 0.1) is 11.2 Å². The predicted molar refractivity (Wildman–Crippen MR) is 73.7 cm³/mol. The van der Waals surface area contributed by atoms with Gasteiger partial charge in [0.15, 0.2) is 5.82 Å². The minimum atomic E-state index is -0.735. The topological polar surface area (TPSA) is 98.3 Å². The van der Waals surface area contributed by atoms with Crippen LogP contribution >= 0.6 is 22.9 Å². The lowest BCUT2D eigenvalue weighted by molar-refractivity contribution is 0.273. The Hall–Kier alpha value is -1.90. The first-order valence-electron chi connectivity index (χ1n) is 4.97. The third-order valence-corrected chi connectivity index (χ3v) is 3.23. The molecule has 19 heavy (non-hydrogen) atoms. The lowest BCUT2D eigenvalue weighted by Gasteiger charge is -2.18. The molecule has 0 radical (unpaired) electrons. The zero-order valence-electron chi connectivity index (χ0n) is 9.39. The maximum atomic E-state index is 13.7. The molecule has 100 valence electrons. The fourth-order valence-corrected chi connectivity index (χ4v) is 2.13. The average Bonchev–Trinajstić information content (AvgIpc) is 2.74. The molecule has 0 aliphatic heterocycles. The van der Waals surface area contributed by atoms with Gasteiger partial charge in [0.2, 0.25) is 5.13 Å². The SMILES string of the molecule is N=Cc1cc(N(O)Nc2ncc(Cl)s2)c(F)cc1N. The molecule has 0 saturated carbocycles. The number of aromatic nitrogens is 1. The van der Waals surface area contributed by atoms with Crippen LogP contribution in [0.5, 0.6) is 0 Å². The van der Waals surface area contributed by atoms with Crippen molar-refractivity contribution in [2.75, 3.05) is 16.3 Å². The van der Waals surface area contributed by atoms with Crippen molar-refractivity contribution >= 4 is 45.7 Å². The zero-order chi connectivity index (χ0) is 14.0. The number of nitrogens with two attached hydrogens (primary N) is 1. The summed E-state index contributed by atoms with van der Waals surface area (Å²) >= 11 is 6.76. The second kappa shape index (κ2) is 5.39. The summed E-state index contributed by atoms with van der Waals surface area (Å²) in [6.45, 7) is 0. The fraction of sp³-hybridized carbons (Fsp3) is 0. The van der Waals surface area contributed by atoms with Gasteiger partial charge in [0, 0.05) is 17.5 Å². The number of halogens is 2. The molecule has 0 saturated heterocycles. The number of nitrogen functional groups attached to an aromatic ring is 1. The molecule has 0 amide bonds. The summed E-state index contributed by atoms with van der Waals surface area (Å²) in [5.74, 6) is -0.735. The molecule has 0 bridgehead atoms. The Morgan fingerprint density at radius 1 is 1.58 bits per heavy atom. The van der Waals surface area contributed by atoms with E-state index in [4.69, 9.17) is 22.7 Å². The van der Waals surface area contributed by atoms with Gasteiger partial charge in [0.05, 0.1) is 6.20 Å². The number of nitrogens with zero attached hydrogens (tertiary/aromatic N) is 2. The van der Waals surface area contributed by atoms with Crippen molar-refractivity contribution in [3.8, 4) is 0 Å². The van der Waals surface area contributed by atoms with Crippen molar-refractivity contribution < 1.29 is 9.60 Å². The number of hydrazine groups is 1. The van der Waals surface area contributed by atoms with Gasteiger partial charge in [-0.3, -0.25) is 5.21 Å². The summed E-state index contributed by atoms with van der Waals surface area (Å²) in [4.78, 5) is 3.85. The number of nitrogens with one attached hydrogen (secondary N) is 2. The first kappa shape index (κ1) is 13.5. The van der Waals surface area contributed by atoms with Crippen LogP contribution in [0.3, 0.4) is 0 Å². The third-order valence-electron chi connectivity index (χ3n) is 2.22. The molecule has 0 unspecified atom stereocenters.